The number of nitrogens with one attached hydrogen (secondary N) is 1. The summed E-state index contributed by atoms with van der Waals surface area (Å²) in [5.41, 5.74) is 2.83. The lowest BCUT2D eigenvalue weighted by Crippen LogP contribution is -2.43. The lowest BCUT2D eigenvalue weighted by atomic mass is 9.78. The number of halogens is 1. The van der Waals surface area contributed by atoms with Crippen LogP contribution in [-0.4, -0.2) is 22.0 Å². The van der Waals surface area contributed by atoms with E-state index in [2.05, 4.69) is 20.9 Å². The van der Waals surface area contributed by atoms with Gasteiger partial charge in [-0.3, -0.25) is 4.79 Å². The summed E-state index contributed by atoms with van der Waals surface area (Å²) in [6.07, 6.45) is 6.76. The van der Waals surface area contributed by atoms with E-state index >= 15 is 0 Å². The van der Waals surface area contributed by atoms with Crippen LogP contribution in [0.25, 0.3) is 11.0 Å². The summed E-state index contributed by atoms with van der Waals surface area (Å²) in [6.45, 7) is 1.51. The first-order chi connectivity index (χ1) is 13.2. The van der Waals surface area contributed by atoms with Gasteiger partial charge >= 0.3 is 0 Å². The SMILES string of the molecule is O=C(NCCCn1cnc2ccccc21)C1(c2ccc(Cl)cc2)CCCC1. The summed E-state index contributed by atoms with van der Waals surface area (Å²) in [5, 5.41) is 3.89. The second kappa shape index (κ2) is 7.73. The average Bonchev–Trinajstić information content (AvgIpc) is 3.34. The molecule has 1 aromatic heterocycles. The van der Waals surface area contributed by atoms with Crippen molar-refractivity contribution in [2.24, 2.45) is 0 Å². The van der Waals surface area contributed by atoms with E-state index in [0.717, 1.165) is 55.2 Å². The molecule has 0 bridgehead atoms. The number of aryl methyl sites for hydroxylation is 1. The highest BCUT2D eigenvalue weighted by Crippen LogP contribution is 2.41. The molecule has 1 heterocycles. The predicted molar refractivity (Wildman–Crippen MR) is 109 cm³/mol. The zero-order valence-corrected chi connectivity index (χ0v) is 16.1. The van der Waals surface area contributed by atoms with Crippen LogP contribution in [0.4, 0.5) is 0 Å². The molecule has 1 N–H and O–H groups in total. The van der Waals surface area contributed by atoms with Crippen LogP contribution in [0.2, 0.25) is 5.02 Å². The number of amides is 1. The van der Waals surface area contributed by atoms with E-state index in [1.54, 1.807) is 0 Å². The standard InChI is InChI=1S/C22H24ClN3O/c23-18-10-8-17(9-11-18)22(12-3-4-13-22)21(27)24-14-5-15-26-16-25-19-6-1-2-7-20(19)26/h1-2,6-11,16H,3-5,12-15H2,(H,24,27). The average molecular weight is 382 g/mol. The van der Waals surface area contributed by atoms with Crippen LogP contribution in [0.5, 0.6) is 0 Å². The van der Waals surface area contributed by atoms with Gasteiger partial charge in [-0.1, -0.05) is 48.7 Å². The number of carbonyl (C=O) groups is 1. The zero-order valence-electron chi connectivity index (χ0n) is 15.3. The van der Waals surface area contributed by atoms with Gasteiger partial charge in [-0.05, 0) is 49.1 Å². The van der Waals surface area contributed by atoms with Gasteiger partial charge in [0, 0.05) is 18.1 Å². The van der Waals surface area contributed by atoms with Crippen LogP contribution in [0.15, 0.2) is 54.9 Å². The van der Waals surface area contributed by atoms with Crippen LogP contribution in [0.1, 0.15) is 37.7 Å². The number of para-hydroxylation sites is 2. The summed E-state index contributed by atoms with van der Waals surface area (Å²) in [6, 6.07) is 15.9. The van der Waals surface area contributed by atoms with Gasteiger partial charge in [0.15, 0.2) is 0 Å². The van der Waals surface area contributed by atoms with Crippen molar-refractivity contribution in [3.05, 3.63) is 65.4 Å². The molecule has 0 atom stereocenters. The lowest BCUT2D eigenvalue weighted by molar-refractivity contribution is -0.126. The maximum atomic E-state index is 13.1. The van der Waals surface area contributed by atoms with Gasteiger partial charge in [-0.15, -0.1) is 0 Å². The first kappa shape index (κ1) is 18.1. The Morgan fingerprint density at radius 3 is 2.63 bits per heavy atom. The molecule has 0 aliphatic heterocycles. The van der Waals surface area contributed by atoms with Crippen molar-refractivity contribution in [2.45, 2.75) is 44.1 Å². The van der Waals surface area contributed by atoms with E-state index in [-0.39, 0.29) is 5.91 Å². The molecule has 0 saturated heterocycles. The normalized spacial score (nSPS) is 15.9. The summed E-state index contributed by atoms with van der Waals surface area (Å²) < 4.78 is 2.14. The minimum atomic E-state index is -0.397. The highest BCUT2D eigenvalue weighted by molar-refractivity contribution is 6.30. The van der Waals surface area contributed by atoms with Crippen LogP contribution in [-0.2, 0) is 16.8 Å². The van der Waals surface area contributed by atoms with E-state index < -0.39 is 5.41 Å². The number of hydrogen-bond donors (Lipinski definition) is 1. The van der Waals surface area contributed by atoms with Gasteiger partial charge in [-0.25, -0.2) is 4.98 Å². The maximum Gasteiger partial charge on any atom is 0.230 e. The third kappa shape index (κ3) is 3.59. The molecule has 1 amide bonds. The molecular formula is C22H24ClN3O. The van der Waals surface area contributed by atoms with Gasteiger partial charge in [-0.2, -0.15) is 0 Å². The molecule has 5 heteroatoms. The summed E-state index contributed by atoms with van der Waals surface area (Å²) in [7, 11) is 0. The number of hydrogen-bond acceptors (Lipinski definition) is 2. The van der Waals surface area contributed by atoms with E-state index in [4.69, 9.17) is 11.6 Å². The molecule has 4 rings (SSSR count). The summed E-state index contributed by atoms with van der Waals surface area (Å²) >= 11 is 6.03. The first-order valence-corrected chi connectivity index (χ1v) is 10.0. The fourth-order valence-corrected chi connectivity index (χ4v) is 4.33. The molecule has 0 spiro atoms. The molecule has 1 fully saturated rings. The Morgan fingerprint density at radius 2 is 1.85 bits per heavy atom. The molecule has 0 radical (unpaired) electrons. The third-order valence-electron chi connectivity index (χ3n) is 5.68. The third-order valence-corrected chi connectivity index (χ3v) is 5.93. The van der Waals surface area contributed by atoms with Crippen molar-refractivity contribution in [1.29, 1.82) is 0 Å². The molecule has 1 aliphatic carbocycles. The number of carbonyl (C=O) groups excluding carboxylic acids is 1. The quantitative estimate of drug-likeness (QED) is 0.628. The molecular weight excluding hydrogens is 358 g/mol. The Bertz CT molecular complexity index is 926. The van der Waals surface area contributed by atoms with Crippen molar-refractivity contribution in [3.63, 3.8) is 0 Å². The predicted octanol–water partition coefficient (Wildman–Crippen LogP) is 4.71. The Morgan fingerprint density at radius 1 is 1.11 bits per heavy atom. The largest absolute Gasteiger partial charge is 0.355 e. The fraction of sp³-hybridized carbons (Fsp3) is 0.364. The summed E-state index contributed by atoms with van der Waals surface area (Å²) in [5.74, 6) is 0.151. The Kier molecular flexibility index (Phi) is 5.17. The second-order valence-corrected chi connectivity index (χ2v) is 7.77. The van der Waals surface area contributed by atoms with Gasteiger partial charge in [0.05, 0.1) is 22.8 Å². The monoisotopic (exact) mass is 381 g/mol. The van der Waals surface area contributed by atoms with Crippen LogP contribution in [0.3, 0.4) is 0 Å². The van der Waals surface area contributed by atoms with Gasteiger partial charge in [0.2, 0.25) is 5.91 Å². The number of aromatic nitrogens is 2. The molecule has 2 aromatic carbocycles. The maximum absolute atomic E-state index is 13.1. The lowest BCUT2D eigenvalue weighted by Gasteiger charge is -2.28. The number of nitrogens with zero attached hydrogens (tertiary/aromatic N) is 2. The number of fused-ring (bicyclic) bond motifs is 1. The summed E-state index contributed by atoms with van der Waals surface area (Å²) in [4.78, 5) is 17.5. The minimum Gasteiger partial charge on any atom is -0.355 e. The highest BCUT2D eigenvalue weighted by Gasteiger charge is 2.42. The second-order valence-electron chi connectivity index (χ2n) is 7.33. The smallest absolute Gasteiger partial charge is 0.230 e. The Balaban J connectivity index is 1.38. The van der Waals surface area contributed by atoms with Crippen molar-refractivity contribution >= 4 is 28.5 Å². The molecule has 4 nitrogen and oxygen atoms in total. The van der Waals surface area contributed by atoms with Gasteiger partial charge in [0.25, 0.3) is 0 Å². The molecule has 27 heavy (non-hydrogen) atoms. The molecule has 3 aromatic rings. The van der Waals surface area contributed by atoms with E-state index in [9.17, 15) is 4.79 Å². The Labute approximate surface area is 164 Å². The topological polar surface area (TPSA) is 46.9 Å². The van der Waals surface area contributed by atoms with Crippen molar-refractivity contribution in [3.8, 4) is 0 Å². The van der Waals surface area contributed by atoms with Gasteiger partial charge < -0.3 is 9.88 Å². The Hall–Kier alpha value is -2.33. The number of rotatable bonds is 6. The van der Waals surface area contributed by atoms with E-state index in [1.807, 2.05) is 48.8 Å². The number of benzene rings is 2. The van der Waals surface area contributed by atoms with E-state index in [1.165, 1.54) is 0 Å². The van der Waals surface area contributed by atoms with Crippen LogP contribution >= 0.6 is 11.6 Å². The molecule has 140 valence electrons. The van der Waals surface area contributed by atoms with Crippen molar-refractivity contribution in [1.82, 2.24) is 14.9 Å². The van der Waals surface area contributed by atoms with Crippen LogP contribution < -0.4 is 5.32 Å². The highest BCUT2D eigenvalue weighted by atomic mass is 35.5. The molecule has 1 saturated carbocycles. The fourth-order valence-electron chi connectivity index (χ4n) is 4.20. The van der Waals surface area contributed by atoms with Gasteiger partial charge in [0.1, 0.15) is 0 Å². The number of imidazole rings is 1. The van der Waals surface area contributed by atoms with Crippen LogP contribution in [0, 0.1) is 0 Å². The molecule has 0 unspecified atom stereocenters. The minimum absolute atomic E-state index is 0.151. The zero-order chi connectivity index (χ0) is 18.7. The van der Waals surface area contributed by atoms with E-state index in [0.29, 0.717) is 11.6 Å². The first-order valence-electron chi connectivity index (χ1n) is 9.63. The van der Waals surface area contributed by atoms with Crippen molar-refractivity contribution < 1.29 is 4.79 Å². The van der Waals surface area contributed by atoms with Crippen molar-refractivity contribution in [2.75, 3.05) is 6.54 Å². The molecule has 1 aliphatic rings.